The highest BCUT2D eigenvalue weighted by Gasteiger charge is 2.23. The van der Waals surface area contributed by atoms with Crippen molar-refractivity contribution < 1.29 is 9.32 Å². The molecule has 0 aliphatic carbocycles. The molecular weight excluding hydrogens is 496 g/mol. The van der Waals surface area contributed by atoms with E-state index in [4.69, 9.17) is 16.1 Å². The maximum atomic E-state index is 13.0. The topological polar surface area (TPSA) is 90.8 Å². The van der Waals surface area contributed by atoms with Crippen molar-refractivity contribution in [1.82, 2.24) is 24.7 Å². The Morgan fingerprint density at radius 3 is 2.47 bits per heavy atom. The zero-order valence-electron chi connectivity index (χ0n) is 18.1. The van der Waals surface area contributed by atoms with Gasteiger partial charge in [-0.3, -0.25) is 14.2 Å². The molecule has 0 fully saturated rings. The number of amides is 1. The molecule has 0 unspecified atom stereocenters. The molecule has 1 amide bonds. The molecule has 0 bridgehead atoms. The molecule has 1 aromatic carbocycles. The third-order valence-corrected chi connectivity index (χ3v) is 6.34. The predicted molar refractivity (Wildman–Crippen MR) is 125 cm³/mol. The van der Waals surface area contributed by atoms with E-state index in [1.54, 1.807) is 11.6 Å². The Hall–Kier alpha value is -2.91. The largest absolute Gasteiger partial charge is 0.361 e. The Labute approximate surface area is 198 Å². The van der Waals surface area contributed by atoms with E-state index in [0.717, 1.165) is 27.1 Å². The van der Waals surface area contributed by atoms with E-state index in [9.17, 15) is 4.79 Å². The van der Waals surface area contributed by atoms with Gasteiger partial charge in [-0.05, 0) is 45.4 Å². The van der Waals surface area contributed by atoms with Crippen LogP contribution >= 0.6 is 27.5 Å². The number of hydrogen-bond donors (Lipinski definition) is 1. The minimum atomic E-state index is -0.391. The fraction of sp³-hybridized carbons (Fsp3) is 0.273. The summed E-state index contributed by atoms with van der Waals surface area (Å²) in [5.41, 5.74) is 4.43. The van der Waals surface area contributed by atoms with Gasteiger partial charge in [0.1, 0.15) is 5.76 Å². The molecule has 10 heteroatoms. The van der Waals surface area contributed by atoms with Gasteiger partial charge in [0.15, 0.2) is 11.5 Å². The summed E-state index contributed by atoms with van der Waals surface area (Å²) >= 11 is 9.70. The van der Waals surface area contributed by atoms with Crippen LogP contribution in [0.15, 0.2) is 39.3 Å². The molecule has 3 aromatic heterocycles. The first-order valence-corrected chi connectivity index (χ1v) is 11.1. The lowest BCUT2D eigenvalue weighted by Crippen LogP contribution is -2.17. The predicted octanol–water partition coefficient (Wildman–Crippen LogP) is 5.07. The van der Waals surface area contributed by atoms with Crippen molar-refractivity contribution in [3.05, 3.63) is 79.5 Å². The Morgan fingerprint density at radius 1 is 1.09 bits per heavy atom. The van der Waals surface area contributed by atoms with E-state index in [1.165, 1.54) is 0 Å². The Bertz CT molecular complexity index is 1290. The zero-order valence-corrected chi connectivity index (χ0v) is 20.5. The van der Waals surface area contributed by atoms with Crippen LogP contribution in [0.4, 0.5) is 5.82 Å². The van der Waals surface area contributed by atoms with Crippen molar-refractivity contribution >= 4 is 39.3 Å². The quantitative estimate of drug-likeness (QED) is 0.386. The van der Waals surface area contributed by atoms with E-state index in [1.807, 2.05) is 55.8 Å². The van der Waals surface area contributed by atoms with Crippen LogP contribution in [-0.2, 0) is 13.1 Å². The van der Waals surface area contributed by atoms with Crippen molar-refractivity contribution in [2.45, 2.75) is 40.8 Å². The minimum Gasteiger partial charge on any atom is -0.361 e. The Morgan fingerprint density at radius 2 is 1.81 bits per heavy atom. The Kier molecular flexibility index (Phi) is 6.21. The van der Waals surface area contributed by atoms with Gasteiger partial charge in [-0.15, -0.1) is 0 Å². The van der Waals surface area contributed by atoms with Crippen LogP contribution in [0, 0.1) is 27.7 Å². The highest BCUT2D eigenvalue weighted by Crippen LogP contribution is 2.23. The van der Waals surface area contributed by atoms with E-state index < -0.39 is 5.91 Å². The van der Waals surface area contributed by atoms with Crippen molar-refractivity contribution in [3.63, 3.8) is 0 Å². The summed E-state index contributed by atoms with van der Waals surface area (Å²) in [6.07, 6.45) is 0. The molecule has 0 aliphatic rings. The SMILES string of the molecule is Cc1nn(Cc2c(C(=O)Nc3cc(C)n(Cc4ccc(Br)cc4)n3)noc2C)c(C)c1Cl. The number of aromatic nitrogens is 5. The normalized spacial score (nSPS) is 11.2. The van der Waals surface area contributed by atoms with Gasteiger partial charge in [-0.25, -0.2) is 0 Å². The van der Waals surface area contributed by atoms with Crippen LogP contribution in [0.5, 0.6) is 0 Å². The van der Waals surface area contributed by atoms with Gasteiger partial charge in [0, 0.05) is 21.8 Å². The lowest BCUT2D eigenvalue weighted by atomic mass is 10.2. The lowest BCUT2D eigenvalue weighted by molar-refractivity contribution is 0.101. The van der Waals surface area contributed by atoms with Crippen LogP contribution in [0.25, 0.3) is 0 Å². The summed E-state index contributed by atoms with van der Waals surface area (Å²) < 4.78 is 9.91. The first-order chi connectivity index (χ1) is 15.2. The van der Waals surface area contributed by atoms with Gasteiger partial charge in [-0.2, -0.15) is 10.2 Å². The molecule has 0 aliphatic heterocycles. The van der Waals surface area contributed by atoms with Gasteiger partial charge in [0.2, 0.25) is 0 Å². The second-order valence-electron chi connectivity index (χ2n) is 7.62. The molecule has 4 aromatic rings. The number of nitrogens with zero attached hydrogens (tertiary/aromatic N) is 5. The number of rotatable bonds is 6. The molecule has 4 rings (SSSR count). The van der Waals surface area contributed by atoms with Gasteiger partial charge >= 0.3 is 0 Å². The molecule has 0 saturated carbocycles. The molecule has 0 radical (unpaired) electrons. The van der Waals surface area contributed by atoms with Gasteiger partial charge in [0.25, 0.3) is 5.91 Å². The maximum absolute atomic E-state index is 13.0. The number of hydrogen-bond acceptors (Lipinski definition) is 5. The molecule has 8 nitrogen and oxygen atoms in total. The number of aryl methyl sites for hydroxylation is 3. The smallest absolute Gasteiger partial charge is 0.279 e. The summed E-state index contributed by atoms with van der Waals surface area (Å²) in [4.78, 5) is 13.0. The summed E-state index contributed by atoms with van der Waals surface area (Å²) in [6, 6.07) is 9.85. The van der Waals surface area contributed by atoms with Gasteiger partial charge in [-0.1, -0.05) is 44.8 Å². The minimum absolute atomic E-state index is 0.200. The molecule has 1 N–H and O–H groups in total. The second-order valence-corrected chi connectivity index (χ2v) is 8.91. The van der Waals surface area contributed by atoms with E-state index >= 15 is 0 Å². The van der Waals surface area contributed by atoms with Crippen LogP contribution in [0.1, 0.15) is 44.5 Å². The van der Waals surface area contributed by atoms with Crippen LogP contribution < -0.4 is 5.32 Å². The lowest BCUT2D eigenvalue weighted by Gasteiger charge is -2.06. The average molecular weight is 518 g/mol. The molecular formula is C22H22BrClN6O2. The first-order valence-electron chi connectivity index (χ1n) is 9.98. The maximum Gasteiger partial charge on any atom is 0.279 e. The third kappa shape index (κ3) is 4.49. The fourth-order valence-electron chi connectivity index (χ4n) is 3.40. The molecule has 0 saturated heterocycles. The third-order valence-electron chi connectivity index (χ3n) is 5.27. The average Bonchev–Trinajstić information content (AvgIpc) is 3.36. The van der Waals surface area contributed by atoms with Crippen LogP contribution in [0.3, 0.4) is 0 Å². The second kappa shape index (κ2) is 8.91. The summed E-state index contributed by atoms with van der Waals surface area (Å²) in [6.45, 7) is 8.36. The number of anilines is 1. The van der Waals surface area contributed by atoms with Crippen molar-refractivity contribution in [1.29, 1.82) is 0 Å². The van der Waals surface area contributed by atoms with E-state index in [2.05, 4.69) is 36.6 Å². The number of carbonyl (C=O) groups is 1. The van der Waals surface area contributed by atoms with Crippen molar-refractivity contribution in [3.8, 4) is 0 Å². The molecule has 166 valence electrons. The molecule has 0 spiro atoms. The number of benzene rings is 1. The summed E-state index contributed by atoms with van der Waals surface area (Å²) in [7, 11) is 0. The summed E-state index contributed by atoms with van der Waals surface area (Å²) in [5, 5.41) is 16.4. The highest BCUT2D eigenvalue weighted by atomic mass is 79.9. The number of nitrogens with one attached hydrogen (secondary N) is 1. The Balaban J connectivity index is 1.52. The molecule has 3 heterocycles. The van der Waals surface area contributed by atoms with Crippen molar-refractivity contribution in [2.75, 3.05) is 5.32 Å². The molecule has 32 heavy (non-hydrogen) atoms. The monoisotopic (exact) mass is 516 g/mol. The van der Waals surface area contributed by atoms with Gasteiger partial charge in [0.05, 0.1) is 29.5 Å². The number of carbonyl (C=O) groups excluding carboxylic acids is 1. The highest BCUT2D eigenvalue weighted by molar-refractivity contribution is 9.10. The summed E-state index contributed by atoms with van der Waals surface area (Å²) in [5.74, 6) is 0.610. The first kappa shape index (κ1) is 22.3. The van der Waals surface area contributed by atoms with E-state index in [0.29, 0.717) is 35.3 Å². The van der Waals surface area contributed by atoms with E-state index in [-0.39, 0.29) is 5.69 Å². The van der Waals surface area contributed by atoms with Crippen LogP contribution in [-0.4, -0.2) is 30.6 Å². The fourth-order valence-corrected chi connectivity index (χ4v) is 3.80. The van der Waals surface area contributed by atoms with Crippen molar-refractivity contribution in [2.24, 2.45) is 0 Å². The zero-order chi connectivity index (χ0) is 23.0. The standard InChI is InChI=1S/C22H22BrClN6O2/c1-12-9-19(27-29(12)10-16-5-7-17(23)8-6-16)25-22(31)21-18(15(4)32-28-21)11-30-14(3)20(24)13(2)26-30/h5-9H,10-11H2,1-4H3,(H,25,27,31). The number of halogens is 2. The molecule has 0 atom stereocenters. The van der Waals surface area contributed by atoms with Crippen LogP contribution in [0.2, 0.25) is 5.02 Å². The van der Waals surface area contributed by atoms with Gasteiger partial charge < -0.3 is 9.84 Å².